The van der Waals surface area contributed by atoms with Crippen molar-refractivity contribution in [3.05, 3.63) is 23.8 Å². The maximum absolute atomic E-state index is 12.1. The molecule has 110 valence electrons. The van der Waals surface area contributed by atoms with E-state index in [0.29, 0.717) is 23.6 Å². The van der Waals surface area contributed by atoms with Crippen molar-refractivity contribution in [3.8, 4) is 5.75 Å². The average molecular weight is 298 g/mol. The number of carboxylic acids is 1. The van der Waals surface area contributed by atoms with Crippen molar-refractivity contribution < 1.29 is 19.4 Å². The molecule has 0 spiro atoms. The number of benzene rings is 1. The fraction of sp³-hybridized carbons (Fsp3) is 0.385. The van der Waals surface area contributed by atoms with Crippen LogP contribution in [-0.4, -0.2) is 42.1 Å². The van der Waals surface area contributed by atoms with E-state index in [-0.39, 0.29) is 5.56 Å². The first-order valence-electron chi connectivity index (χ1n) is 5.95. The first-order valence-corrected chi connectivity index (χ1v) is 7.35. The minimum atomic E-state index is -1.05. The zero-order valence-electron chi connectivity index (χ0n) is 11.4. The summed E-state index contributed by atoms with van der Waals surface area (Å²) < 4.78 is 5.08. The molecule has 1 rings (SSSR count). The van der Waals surface area contributed by atoms with E-state index in [2.05, 4.69) is 5.32 Å². The molecule has 7 heteroatoms. The number of amides is 1. The minimum Gasteiger partial charge on any atom is -0.496 e. The number of rotatable bonds is 7. The van der Waals surface area contributed by atoms with Crippen LogP contribution in [0.5, 0.6) is 5.75 Å². The molecule has 6 nitrogen and oxygen atoms in total. The normalized spacial score (nSPS) is 11.7. The Balaban J connectivity index is 2.86. The van der Waals surface area contributed by atoms with Gasteiger partial charge in [0.15, 0.2) is 0 Å². The number of anilines is 1. The third-order valence-corrected chi connectivity index (χ3v) is 3.33. The summed E-state index contributed by atoms with van der Waals surface area (Å²) in [5.41, 5.74) is 6.34. The van der Waals surface area contributed by atoms with Crippen LogP contribution in [0.25, 0.3) is 0 Å². The molecular weight excluding hydrogens is 280 g/mol. The molecule has 4 N–H and O–H groups in total. The summed E-state index contributed by atoms with van der Waals surface area (Å²) in [5.74, 6) is -0.579. The highest BCUT2D eigenvalue weighted by Gasteiger charge is 2.22. The molecule has 0 saturated heterocycles. The summed E-state index contributed by atoms with van der Waals surface area (Å²) in [5, 5.41) is 11.6. The van der Waals surface area contributed by atoms with Crippen LogP contribution < -0.4 is 15.8 Å². The minimum absolute atomic E-state index is 0.261. The van der Waals surface area contributed by atoms with Crippen LogP contribution >= 0.6 is 11.8 Å². The smallest absolute Gasteiger partial charge is 0.326 e. The zero-order valence-corrected chi connectivity index (χ0v) is 12.2. The Morgan fingerprint density at radius 1 is 1.50 bits per heavy atom. The fourth-order valence-electron chi connectivity index (χ4n) is 1.62. The number of methoxy groups -OCH3 is 1. The topological polar surface area (TPSA) is 102 Å². The van der Waals surface area contributed by atoms with Crippen molar-refractivity contribution in [2.45, 2.75) is 12.5 Å². The predicted octanol–water partition coefficient (Wildman–Crippen LogP) is 1.21. The first-order chi connectivity index (χ1) is 9.49. The molecular formula is C13H18N2O4S. The molecule has 0 unspecified atom stereocenters. The zero-order chi connectivity index (χ0) is 15.1. The van der Waals surface area contributed by atoms with Gasteiger partial charge in [0.05, 0.1) is 12.7 Å². The van der Waals surface area contributed by atoms with Crippen LogP contribution in [0, 0.1) is 0 Å². The molecule has 0 bridgehead atoms. The summed E-state index contributed by atoms with van der Waals surface area (Å²) in [6, 6.07) is 3.68. The standard InChI is InChI=1S/C13H18N2O4S/c1-19-11-7-8(14)3-4-9(11)12(16)15-10(13(17)18)5-6-20-2/h3-4,7,10H,5-6,14H2,1-2H3,(H,15,16)(H,17,18)/t10-/m0/s1. The molecule has 0 aromatic heterocycles. The Morgan fingerprint density at radius 2 is 2.20 bits per heavy atom. The summed E-state index contributed by atoms with van der Waals surface area (Å²) in [6.45, 7) is 0. The Morgan fingerprint density at radius 3 is 2.75 bits per heavy atom. The van der Waals surface area contributed by atoms with Crippen LogP contribution in [-0.2, 0) is 4.79 Å². The van der Waals surface area contributed by atoms with Gasteiger partial charge in [0, 0.05) is 11.8 Å². The van der Waals surface area contributed by atoms with Gasteiger partial charge in [-0.1, -0.05) is 0 Å². The Bertz CT molecular complexity index is 493. The molecule has 20 heavy (non-hydrogen) atoms. The number of hydrogen-bond acceptors (Lipinski definition) is 5. The maximum Gasteiger partial charge on any atom is 0.326 e. The van der Waals surface area contributed by atoms with Gasteiger partial charge in [-0.25, -0.2) is 4.79 Å². The Labute approximate surface area is 121 Å². The van der Waals surface area contributed by atoms with Crippen LogP contribution in [0.15, 0.2) is 18.2 Å². The summed E-state index contributed by atoms with van der Waals surface area (Å²) in [6.07, 6.45) is 2.24. The highest BCUT2D eigenvalue weighted by atomic mass is 32.2. The number of nitrogens with two attached hydrogens (primary N) is 1. The van der Waals surface area contributed by atoms with Gasteiger partial charge in [-0.15, -0.1) is 0 Å². The van der Waals surface area contributed by atoms with Crippen molar-refractivity contribution >= 4 is 29.3 Å². The lowest BCUT2D eigenvalue weighted by atomic mass is 10.1. The van der Waals surface area contributed by atoms with Gasteiger partial charge in [-0.05, 0) is 30.6 Å². The number of nitrogens with one attached hydrogen (secondary N) is 1. The van der Waals surface area contributed by atoms with Gasteiger partial charge in [0.1, 0.15) is 11.8 Å². The molecule has 0 fully saturated rings. The number of hydrogen-bond donors (Lipinski definition) is 3. The van der Waals surface area contributed by atoms with Crippen molar-refractivity contribution in [1.29, 1.82) is 0 Å². The number of nitrogen functional groups attached to an aromatic ring is 1. The number of thioether (sulfide) groups is 1. The summed E-state index contributed by atoms with van der Waals surface area (Å²) >= 11 is 1.52. The molecule has 0 saturated carbocycles. The third-order valence-electron chi connectivity index (χ3n) is 2.68. The third kappa shape index (κ3) is 4.34. The molecule has 0 aliphatic rings. The molecule has 1 amide bonds. The van der Waals surface area contributed by atoms with Crippen molar-refractivity contribution in [1.82, 2.24) is 5.32 Å². The van der Waals surface area contributed by atoms with Crippen LogP contribution in [0.4, 0.5) is 5.69 Å². The lowest BCUT2D eigenvalue weighted by Gasteiger charge is -2.15. The van der Waals surface area contributed by atoms with Gasteiger partial charge in [-0.3, -0.25) is 4.79 Å². The van der Waals surface area contributed by atoms with Crippen LogP contribution in [0.2, 0.25) is 0 Å². The van der Waals surface area contributed by atoms with E-state index in [1.165, 1.54) is 31.0 Å². The second-order valence-electron chi connectivity index (χ2n) is 4.11. The number of aliphatic carboxylic acids is 1. The molecule has 0 aliphatic carbocycles. The van der Waals surface area contributed by atoms with E-state index < -0.39 is 17.9 Å². The van der Waals surface area contributed by atoms with E-state index in [9.17, 15) is 9.59 Å². The second-order valence-corrected chi connectivity index (χ2v) is 5.09. The van der Waals surface area contributed by atoms with E-state index in [4.69, 9.17) is 15.6 Å². The maximum atomic E-state index is 12.1. The molecule has 0 radical (unpaired) electrons. The lowest BCUT2D eigenvalue weighted by molar-refractivity contribution is -0.139. The lowest BCUT2D eigenvalue weighted by Crippen LogP contribution is -2.41. The quantitative estimate of drug-likeness (QED) is 0.654. The van der Waals surface area contributed by atoms with E-state index in [0.717, 1.165) is 0 Å². The summed E-state index contributed by atoms with van der Waals surface area (Å²) in [4.78, 5) is 23.2. The monoisotopic (exact) mass is 298 g/mol. The van der Waals surface area contributed by atoms with E-state index in [1.807, 2.05) is 6.26 Å². The van der Waals surface area contributed by atoms with Crippen molar-refractivity contribution in [3.63, 3.8) is 0 Å². The SMILES string of the molecule is COc1cc(N)ccc1C(=O)N[C@@H](CCSC)C(=O)O. The number of carbonyl (C=O) groups is 2. The van der Waals surface area contributed by atoms with Crippen molar-refractivity contribution in [2.75, 3.05) is 24.9 Å². The number of ether oxygens (including phenoxy) is 1. The second kappa shape index (κ2) is 7.64. The first kappa shape index (κ1) is 16.2. The Kier molecular flexibility index (Phi) is 6.17. The highest BCUT2D eigenvalue weighted by Crippen LogP contribution is 2.21. The van der Waals surface area contributed by atoms with Gasteiger partial charge < -0.3 is 20.9 Å². The molecule has 1 aromatic rings. The number of carboxylic acid groups (broad SMARTS) is 1. The molecule has 0 aliphatic heterocycles. The molecule has 1 atom stereocenters. The van der Waals surface area contributed by atoms with Crippen LogP contribution in [0.3, 0.4) is 0 Å². The van der Waals surface area contributed by atoms with Crippen molar-refractivity contribution in [2.24, 2.45) is 0 Å². The van der Waals surface area contributed by atoms with Gasteiger partial charge in [0.2, 0.25) is 0 Å². The number of carbonyl (C=O) groups excluding carboxylic acids is 1. The Hall–Kier alpha value is -1.89. The average Bonchev–Trinajstić information content (AvgIpc) is 2.42. The van der Waals surface area contributed by atoms with E-state index in [1.54, 1.807) is 6.07 Å². The highest BCUT2D eigenvalue weighted by molar-refractivity contribution is 7.98. The molecule has 0 heterocycles. The largest absolute Gasteiger partial charge is 0.496 e. The fourth-order valence-corrected chi connectivity index (χ4v) is 2.10. The van der Waals surface area contributed by atoms with Gasteiger partial charge >= 0.3 is 5.97 Å². The van der Waals surface area contributed by atoms with Crippen LogP contribution in [0.1, 0.15) is 16.8 Å². The van der Waals surface area contributed by atoms with Gasteiger partial charge in [-0.2, -0.15) is 11.8 Å². The summed E-state index contributed by atoms with van der Waals surface area (Å²) in [7, 11) is 1.42. The van der Waals surface area contributed by atoms with E-state index >= 15 is 0 Å². The predicted molar refractivity (Wildman–Crippen MR) is 79.3 cm³/mol. The molecule has 1 aromatic carbocycles. The van der Waals surface area contributed by atoms with Gasteiger partial charge in [0.25, 0.3) is 5.91 Å².